The summed E-state index contributed by atoms with van der Waals surface area (Å²) in [5, 5.41) is 0.817. The molecule has 8 heteroatoms. The lowest BCUT2D eigenvalue weighted by molar-refractivity contribution is 0.482. The lowest BCUT2D eigenvalue weighted by Crippen LogP contribution is -2.23. The molecule has 0 aliphatic heterocycles. The highest BCUT2D eigenvalue weighted by Crippen LogP contribution is 2.28. The maximum atomic E-state index is 12.7. The number of thiazole rings is 1. The van der Waals surface area contributed by atoms with Crippen molar-refractivity contribution in [2.45, 2.75) is 18.4 Å². The second-order valence-corrected chi connectivity index (χ2v) is 9.33. The van der Waals surface area contributed by atoms with Crippen LogP contribution < -0.4 is 9.46 Å². The van der Waals surface area contributed by atoms with Crippen LogP contribution in [0.5, 0.6) is 11.5 Å². The molecule has 1 N–H and O–H groups in total. The number of para-hydroxylation sites is 1. The Morgan fingerprint density at radius 3 is 2.40 bits per heavy atom. The molecule has 0 amide bonds. The fraction of sp³-hybridized carbons (Fsp3) is 0.0909. The summed E-state index contributed by atoms with van der Waals surface area (Å²) < 4.78 is 33.7. The van der Waals surface area contributed by atoms with Crippen molar-refractivity contribution >= 4 is 21.4 Å². The summed E-state index contributed by atoms with van der Waals surface area (Å²) in [6, 6.07) is 19.4. The van der Waals surface area contributed by atoms with Gasteiger partial charge in [-0.1, -0.05) is 18.2 Å². The van der Waals surface area contributed by atoms with E-state index in [0.29, 0.717) is 11.5 Å². The topological polar surface area (TPSA) is 81.2 Å². The van der Waals surface area contributed by atoms with Crippen molar-refractivity contribution in [3.63, 3.8) is 0 Å². The van der Waals surface area contributed by atoms with Gasteiger partial charge in [-0.15, -0.1) is 11.3 Å². The Morgan fingerprint density at radius 1 is 0.967 bits per heavy atom. The van der Waals surface area contributed by atoms with Crippen LogP contribution in [0, 0.1) is 6.92 Å². The summed E-state index contributed by atoms with van der Waals surface area (Å²) in [5.41, 5.74) is 1.71. The molecule has 0 atom stereocenters. The lowest BCUT2D eigenvalue weighted by atomic mass is 10.3. The zero-order valence-electron chi connectivity index (χ0n) is 16.1. The number of aromatic nitrogens is 2. The predicted octanol–water partition coefficient (Wildman–Crippen LogP) is 4.78. The third kappa shape index (κ3) is 4.73. The molecular formula is C22H19N3O3S2. The molecule has 4 rings (SSSR count). The summed E-state index contributed by atoms with van der Waals surface area (Å²) >= 11 is 1.45. The smallest absolute Gasteiger partial charge is 0.240 e. The van der Waals surface area contributed by atoms with Gasteiger partial charge in [-0.3, -0.25) is 4.98 Å². The van der Waals surface area contributed by atoms with Crippen LogP contribution in [0.2, 0.25) is 0 Å². The summed E-state index contributed by atoms with van der Waals surface area (Å²) in [6.07, 6.45) is 3.44. The second-order valence-electron chi connectivity index (χ2n) is 6.48. The minimum absolute atomic E-state index is 0.175. The molecule has 0 saturated carbocycles. The number of pyridine rings is 1. The standard InChI is InChI=1S/C22H19N3O3S2/c1-16-21(29-22(25-16)17-6-5-13-23-14-17)15-24-30(26,27)20-11-9-19(10-12-20)28-18-7-3-2-4-8-18/h2-14,24H,15H2,1H3. The second kappa shape index (κ2) is 8.74. The molecule has 6 nitrogen and oxygen atoms in total. The number of nitrogens with one attached hydrogen (secondary N) is 1. The van der Waals surface area contributed by atoms with Crippen LogP contribution in [0.15, 0.2) is 84.0 Å². The van der Waals surface area contributed by atoms with Gasteiger partial charge in [0, 0.05) is 29.4 Å². The van der Waals surface area contributed by atoms with Gasteiger partial charge in [0.1, 0.15) is 16.5 Å². The molecule has 152 valence electrons. The molecule has 2 aromatic heterocycles. The molecule has 2 aromatic carbocycles. The van der Waals surface area contributed by atoms with Gasteiger partial charge in [-0.2, -0.15) is 0 Å². The highest BCUT2D eigenvalue weighted by Gasteiger charge is 2.16. The van der Waals surface area contributed by atoms with E-state index in [1.807, 2.05) is 49.4 Å². The number of sulfonamides is 1. The highest BCUT2D eigenvalue weighted by atomic mass is 32.2. The lowest BCUT2D eigenvalue weighted by Gasteiger charge is -2.08. The maximum absolute atomic E-state index is 12.7. The third-order valence-corrected chi connectivity index (χ3v) is 6.96. The first-order valence-corrected chi connectivity index (χ1v) is 11.5. The van der Waals surface area contributed by atoms with E-state index < -0.39 is 10.0 Å². The van der Waals surface area contributed by atoms with Gasteiger partial charge in [-0.25, -0.2) is 18.1 Å². The maximum Gasteiger partial charge on any atom is 0.240 e. The van der Waals surface area contributed by atoms with E-state index in [1.54, 1.807) is 24.5 Å². The van der Waals surface area contributed by atoms with E-state index >= 15 is 0 Å². The molecule has 0 fully saturated rings. The predicted molar refractivity (Wildman–Crippen MR) is 117 cm³/mol. The number of ether oxygens (including phenoxy) is 1. The van der Waals surface area contributed by atoms with Crippen molar-refractivity contribution in [3.8, 4) is 22.1 Å². The van der Waals surface area contributed by atoms with Crippen LogP contribution >= 0.6 is 11.3 Å². The Labute approximate surface area is 179 Å². The zero-order valence-corrected chi connectivity index (χ0v) is 17.8. The van der Waals surface area contributed by atoms with Gasteiger partial charge in [0.05, 0.1) is 10.6 Å². The average molecular weight is 438 g/mol. The largest absolute Gasteiger partial charge is 0.457 e. The number of nitrogens with zero attached hydrogens (tertiary/aromatic N) is 2. The van der Waals surface area contributed by atoms with Crippen molar-refractivity contribution in [2.75, 3.05) is 0 Å². The Morgan fingerprint density at radius 2 is 1.70 bits per heavy atom. The molecular weight excluding hydrogens is 418 g/mol. The number of hydrogen-bond donors (Lipinski definition) is 1. The van der Waals surface area contributed by atoms with E-state index in [2.05, 4.69) is 14.7 Å². The van der Waals surface area contributed by atoms with Crippen LogP contribution in [0.4, 0.5) is 0 Å². The van der Waals surface area contributed by atoms with E-state index in [9.17, 15) is 8.42 Å². The minimum atomic E-state index is -3.66. The quantitative estimate of drug-likeness (QED) is 0.450. The summed E-state index contributed by atoms with van der Waals surface area (Å²) in [4.78, 5) is 9.68. The van der Waals surface area contributed by atoms with E-state index in [-0.39, 0.29) is 11.4 Å². The zero-order chi connectivity index (χ0) is 21.0. The molecule has 0 spiro atoms. The Hall–Kier alpha value is -3.07. The van der Waals surface area contributed by atoms with Crippen molar-refractivity contribution in [1.82, 2.24) is 14.7 Å². The molecule has 0 radical (unpaired) electrons. The van der Waals surface area contributed by atoms with Crippen LogP contribution in [0.3, 0.4) is 0 Å². The fourth-order valence-corrected chi connectivity index (χ4v) is 4.84. The van der Waals surface area contributed by atoms with Gasteiger partial charge >= 0.3 is 0 Å². The summed E-state index contributed by atoms with van der Waals surface area (Å²) in [6.45, 7) is 2.05. The van der Waals surface area contributed by atoms with Crippen molar-refractivity contribution in [2.24, 2.45) is 0 Å². The average Bonchev–Trinajstić information content (AvgIpc) is 3.15. The minimum Gasteiger partial charge on any atom is -0.457 e. The molecule has 4 aromatic rings. The molecule has 0 aliphatic carbocycles. The van der Waals surface area contributed by atoms with Crippen LogP contribution in [0.25, 0.3) is 10.6 Å². The van der Waals surface area contributed by atoms with Crippen LogP contribution in [0.1, 0.15) is 10.6 Å². The van der Waals surface area contributed by atoms with Gasteiger partial charge in [0.15, 0.2) is 0 Å². The fourth-order valence-electron chi connectivity index (χ4n) is 2.76. The third-order valence-electron chi connectivity index (χ3n) is 4.34. The van der Waals surface area contributed by atoms with E-state index in [0.717, 1.165) is 21.1 Å². The van der Waals surface area contributed by atoms with Crippen molar-refractivity contribution in [1.29, 1.82) is 0 Å². The number of rotatable bonds is 7. The number of benzene rings is 2. The first-order valence-electron chi connectivity index (χ1n) is 9.20. The van der Waals surface area contributed by atoms with Gasteiger partial charge in [-0.05, 0) is 55.5 Å². The van der Waals surface area contributed by atoms with Crippen molar-refractivity contribution < 1.29 is 13.2 Å². The van der Waals surface area contributed by atoms with Gasteiger partial charge in [0.2, 0.25) is 10.0 Å². The van der Waals surface area contributed by atoms with Crippen LogP contribution in [-0.4, -0.2) is 18.4 Å². The Bertz CT molecular complexity index is 1220. The van der Waals surface area contributed by atoms with E-state index in [1.165, 1.54) is 23.5 Å². The SMILES string of the molecule is Cc1nc(-c2cccnc2)sc1CNS(=O)(=O)c1ccc(Oc2ccccc2)cc1. The van der Waals surface area contributed by atoms with Crippen LogP contribution in [-0.2, 0) is 16.6 Å². The number of aryl methyl sites for hydroxylation is 1. The first-order chi connectivity index (χ1) is 14.5. The molecule has 0 saturated heterocycles. The normalized spacial score (nSPS) is 11.4. The summed E-state index contributed by atoms with van der Waals surface area (Å²) in [7, 11) is -3.66. The van der Waals surface area contributed by atoms with Gasteiger partial charge in [0.25, 0.3) is 0 Å². The van der Waals surface area contributed by atoms with Crippen molar-refractivity contribution in [3.05, 3.63) is 89.7 Å². The van der Waals surface area contributed by atoms with Gasteiger partial charge < -0.3 is 4.74 Å². The molecule has 0 bridgehead atoms. The Balaban J connectivity index is 1.44. The molecule has 0 aliphatic rings. The Kier molecular flexibility index (Phi) is 5.89. The highest BCUT2D eigenvalue weighted by molar-refractivity contribution is 7.89. The van der Waals surface area contributed by atoms with E-state index in [4.69, 9.17) is 4.74 Å². The molecule has 0 unspecified atom stereocenters. The summed E-state index contributed by atoms with van der Waals surface area (Å²) in [5.74, 6) is 1.26. The molecule has 2 heterocycles. The number of hydrogen-bond acceptors (Lipinski definition) is 6. The first kappa shape index (κ1) is 20.2. The molecule has 30 heavy (non-hydrogen) atoms. The monoisotopic (exact) mass is 437 g/mol.